The van der Waals surface area contributed by atoms with Gasteiger partial charge in [0.25, 0.3) is 5.91 Å². The second kappa shape index (κ2) is 6.70. The summed E-state index contributed by atoms with van der Waals surface area (Å²) >= 11 is 0. The molecule has 2 N–H and O–H groups in total. The van der Waals surface area contributed by atoms with Crippen molar-refractivity contribution in [2.75, 3.05) is 7.05 Å². The number of hydrogen-bond acceptors (Lipinski definition) is 4. The Hall–Kier alpha value is -2.37. The smallest absolute Gasteiger partial charge is 0.338 e. The lowest BCUT2D eigenvalue weighted by Crippen LogP contribution is -2.43. The standard InChI is InChI=1S/C14H18N2O4/c1-8-5-6-11(7-9(8)2)13(18)20-10(3)12(17)16-14(19)15-4/h5-7,10H,1-4H3,(H2,15,16,17,19)/t10-/m0/s1. The summed E-state index contributed by atoms with van der Waals surface area (Å²) in [6.07, 6.45) is -1.05. The van der Waals surface area contributed by atoms with Gasteiger partial charge in [-0.1, -0.05) is 6.07 Å². The molecule has 0 saturated heterocycles. The predicted molar refractivity (Wildman–Crippen MR) is 73.4 cm³/mol. The van der Waals surface area contributed by atoms with Crippen LogP contribution in [0.15, 0.2) is 18.2 Å². The van der Waals surface area contributed by atoms with Crippen molar-refractivity contribution >= 4 is 17.9 Å². The molecule has 0 aliphatic heterocycles. The molecule has 0 radical (unpaired) electrons. The number of imide groups is 1. The Morgan fingerprint density at radius 1 is 1.15 bits per heavy atom. The topological polar surface area (TPSA) is 84.5 Å². The highest BCUT2D eigenvalue weighted by Gasteiger charge is 2.20. The molecule has 0 fully saturated rings. The van der Waals surface area contributed by atoms with Crippen LogP contribution in [0.3, 0.4) is 0 Å². The summed E-state index contributed by atoms with van der Waals surface area (Å²) in [6, 6.07) is 4.49. The molecule has 0 aromatic heterocycles. The van der Waals surface area contributed by atoms with Gasteiger partial charge in [0.1, 0.15) is 0 Å². The van der Waals surface area contributed by atoms with Crippen molar-refractivity contribution in [3.63, 3.8) is 0 Å². The van der Waals surface area contributed by atoms with Gasteiger partial charge in [-0.15, -0.1) is 0 Å². The van der Waals surface area contributed by atoms with Crippen LogP contribution in [0.25, 0.3) is 0 Å². The number of ether oxygens (including phenoxy) is 1. The lowest BCUT2D eigenvalue weighted by molar-refractivity contribution is -0.127. The maximum atomic E-state index is 11.9. The number of esters is 1. The minimum atomic E-state index is -1.05. The first-order chi connectivity index (χ1) is 9.35. The van der Waals surface area contributed by atoms with Crippen LogP contribution in [0.1, 0.15) is 28.4 Å². The van der Waals surface area contributed by atoms with Crippen LogP contribution in [0, 0.1) is 13.8 Å². The maximum absolute atomic E-state index is 11.9. The van der Waals surface area contributed by atoms with E-state index in [4.69, 9.17) is 4.74 Å². The number of nitrogens with one attached hydrogen (secondary N) is 2. The molecule has 0 spiro atoms. The van der Waals surface area contributed by atoms with Gasteiger partial charge in [0.15, 0.2) is 6.10 Å². The first-order valence-electron chi connectivity index (χ1n) is 6.16. The minimum Gasteiger partial charge on any atom is -0.449 e. The van der Waals surface area contributed by atoms with Gasteiger partial charge in [-0.3, -0.25) is 10.1 Å². The number of aryl methyl sites for hydroxylation is 2. The van der Waals surface area contributed by atoms with Crippen molar-refractivity contribution in [2.45, 2.75) is 26.9 Å². The number of carbonyl (C=O) groups is 3. The Morgan fingerprint density at radius 3 is 2.35 bits per heavy atom. The van der Waals surface area contributed by atoms with E-state index in [-0.39, 0.29) is 0 Å². The Kier molecular flexibility index (Phi) is 5.25. The van der Waals surface area contributed by atoms with E-state index in [0.29, 0.717) is 5.56 Å². The Labute approximate surface area is 117 Å². The zero-order valence-electron chi connectivity index (χ0n) is 11.9. The van der Waals surface area contributed by atoms with Crippen LogP contribution in [0.4, 0.5) is 4.79 Å². The molecular formula is C14H18N2O4. The molecule has 6 nitrogen and oxygen atoms in total. The number of hydrogen-bond donors (Lipinski definition) is 2. The molecule has 1 atom stereocenters. The minimum absolute atomic E-state index is 0.368. The highest BCUT2D eigenvalue weighted by Crippen LogP contribution is 2.11. The maximum Gasteiger partial charge on any atom is 0.338 e. The van der Waals surface area contributed by atoms with E-state index in [1.54, 1.807) is 18.2 Å². The number of urea groups is 1. The summed E-state index contributed by atoms with van der Waals surface area (Å²) in [5.74, 6) is -1.28. The zero-order chi connectivity index (χ0) is 15.3. The Balaban J connectivity index is 2.67. The zero-order valence-corrected chi connectivity index (χ0v) is 11.9. The van der Waals surface area contributed by atoms with E-state index in [0.717, 1.165) is 11.1 Å². The van der Waals surface area contributed by atoms with Gasteiger partial charge in [-0.25, -0.2) is 9.59 Å². The molecule has 0 aliphatic rings. The quantitative estimate of drug-likeness (QED) is 0.816. The van der Waals surface area contributed by atoms with Crippen molar-refractivity contribution in [1.29, 1.82) is 0 Å². The number of rotatable bonds is 3. The highest BCUT2D eigenvalue weighted by molar-refractivity contribution is 5.98. The van der Waals surface area contributed by atoms with E-state index < -0.39 is 24.0 Å². The van der Waals surface area contributed by atoms with Gasteiger partial charge < -0.3 is 10.1 Å². The van der Waals surface area contributed by atoms with E-state index in [1.165, 1.54) is 14.0 Å². The van der Waals surface area contributed by atoms with Crippen LogP contribution in [-0.4, -0.2) is 31.1 Å². The Morgan fingerprint density at radius 2 is 1.80 bits per heavy atom. The summed E-state index contributed by atoms with van der Waals surface area (Å²) < 4.78 is 5.01. The third kappa shape index (κ3) is 4.08. The van der Waals surface area contributed by atoms with Gasteiger partial charge in [-0.05, 0) is 44.0 Å². The average molecular weight is 278 g/mol. The molecule has 108 valence electrons. The van der Waals surface area contributed by atoms with Crippen molar-refractivity contribution in [3.8, 4) is 0 Å². The van der Waals surface area contributed by atoms with Crippen LogP contribution in [0.2, 0.25) is 0 Å². The lowest BCUT2D eigenvalue weighted by Gasteiger charge is -2.13. The fourth-order valence-corrected chi connectivity index (χ4v) is 1.43. The summed E-state index contributed by atoms with van der Waals surface area (Å²) in [5.41, 5.74) is 2.39. The third-order valence-corrected chi connectivity index (χ3v) is 2.86. The largest absolute Gasteiger partial charge is 0.449 e. The van der Waals surface area contributed by atoms with E-state index >= 15 is 0 Å². The van der Waals surface area contributed by atoms with Gasteiger partial charge in [0.2, 0.25) is 0 Å². The average Bonchev–Trinajstić information content (AvgIpc) is 2.41. The number of benzene rings is 1. The molecule has 6 heteroatoms. The second-order valence-electron chi connectivity index (χ2n) is 4.41. The van der Waals surface area contributed by atoms with E-state index in [1.807, 2.05) is 19.2 Å². The molecule has 20 heavy (non-hydrogen) atoms. The van der Waals surface area contributed by atoms with Crippen molar-refractivity contribution < 1.29 is 19.1 Å². The van der Waals surface area contributed by atoms with Crippen LogP contribution < -0.4 is 10.6 Å². The van der Waals surface area contributed by atoms with Gasteiger partial charge in [0, 0.05) is 7.05 Å². The molecule has 3 amide bonds. The van der Waals surface area contributed by atoms with E-state index in [2.05, 4.69) is 5.32 Å². The van der Waals surface area contributed by atoms with Gasteiger partial charge in [0.05, 0.1) is 5.56 Å². The molecule has 0 bridgehead atoms. The lowest BCUT2D eigenvalue weighted by atomic mass is 10.1. The molecule has 0 heterocycles. The van der Waals surface area contributed by atoms with Crippen molar-refractivity contribution in [2.24, 2.45) is 0 Å². The SMILES string of the molecule is CNC(=O)NC(=O)[C@H](C)OC(=O)c1ccc(C)c(C)c1. The molecule has 1 rings (SSSR count). The third-order valence-electron chi connectivity index (χ3n) is 2.86. The Bertz CT molecular complexity index is 540. The van der Waals surface area contributed by atoms with E-state index in [9.17, 15) is 14.4 Å². The van der Waals surface area contributed by atoms with Crippen molar-refractivity contribution in [3.05, 3.63) is 34.9 Å². The second-order valence-corrected chi connectivity index (χ2v) is 4.41. The predicted octanol–water partition coefficient (Wildman–Crippen LogP) is 1.30. The fourth-order valence-electron chi connectivity index (χ4n) is 1.43. The monoisotopic (exact) mass is 278 g/mol. The normalized spacial score (nSPS) is 11.4. The molecule has 0 saturated carbocycles. The van der Waals surface area contributed by atoms with Gasteiger partial charge in [-0.2, -0.15) is 0 Å². The molecule has 0 unspecified atom stereocenters. The number of carbonyl (C=O) groups excluding carboxylic acids is 3. The van der Waals surface area contributed by atoms with Crippen LogP contribution in [-0.2, 0) is 9.53 Å². The molecular weight excluding hydrogens is 260 g/mol. The molecule has 1 aromatic rings. The van der Waals surface area contributed by atoms with Gasteiger partial charge >= 0.3 is 12.0 Å². The van der Waals surface area contributed by atoms with Crippen LogP contribution in [0.5, 0.6) is 0 Å². The van der Waals surface area contributed by atoms with Crippen molar-refractivity contribution in [1.82, 2.24) is 10.6 Å². The summed E-state index contributed by atoms with van der Waals surface area (Å²) in [6.45, 7) is 5.22. The number of amides is 3. The van der Waals surface area contributed by atoms with Crippen LogP contribution >= 0.6 is 0 Å². The highest BCUT2D eigenvalue weighted by atomic mass is 16.5. The first-order valence-corrected chi connectivity index (χ1v) is 6.16. The molecule has 1 aromatic carbocycles. The molecule has 0 aliphatic carbocycles. The summed E-state index contributed by atoms with van der Waals surface area (Å²) in [4.78, 5) is 34.4. The first kappa shape index (κ1) is 15.7. The fraction of sp³-hybridized carbons (Fsp3) is 0.357. The summed E-state index contributed by atoms with van der Waals surface area (Å²) in [5, 5.41) is 4.28. The summed E-state index contributed by atoms with van der Waals surface area (Å²) in [7, 11) is 1.38.